The molecule has 0 bridgehead atoms. The van der Waals surface area contributed by atoms with Gasteiger partial charge in [-0.1, -0.05) is 0 Å². The summed E-state index contributed by atoms with van der Waals surface area (Å²) in [4.78, 5) is 2.39. The van der Waals surface area contributed by atoms with Gasteiger partial charge >= 0.3 is 0 Å². The lowest BCUT2D eigenvalue weighted by Gasteiger charge is -2.33. The van der Waals surface area contributed by atoms with E-state index in [1.807, 2.05) is 0 Å². The zero-order valence-electron chi connectivity index (χ0n) is 10.9. The van der Waals surface area contributed by atoms with Crippen LogP contribution in [0.4, 0.5) is 11.4 Å². The average Bonchev–Trinajstić information content (AvgIpc) is 2.40. The Bertz CT molecular complexity index is 328. The summed E-state index contributed by atoms with van der Waals surface area (Å²) in [7, 11) is 2.19. The van der Waals surface area contributed by atoms with Gasteiger partial charge in [0.05, 0.1) is 0 Å². The molecular weight excluding hydrogens is 210 g/mol. The van der Waals surface area contributed by atoms with Crippen LogP contribution in [0, 0.1) is 0 Å². The van der Waals surface area contributed by atoms with Gasteiger partial charge in [-0.25, -0.2) is 0 Å². The molecular formula is C14H23N3. The molecule has 0 aliphatic carbocycles. The minimum absolute atomic E-state index is 0.633. The number of likely N-dealkylation sites (N-methyl/N-ethyl adjacent to an activating group) is 1. The van der Waals surface area contributed by atoms with Crippen molar-refractivity contribution in [1.82, 2.24) is 5.32 Å². The number of nitrogens with zero attached hydrogens (tertiary/aromatic N) is 1. The van der Waals surface area contributed by atoms with Crippen molar-refractivity contribution in [3.8, 4) is 0 Å². The highest BCUT2D eigenvalue weighted by atomic mass is 15.2. The molecule has 1 atom stereocenters. The van der Waals surface area contributed by atoms with Gasteiger partial charge in [0.1, 0.15) is 0 Å². The first-order chi connectivity index (χ1) is 8.31. The fourth-order valence-corrected chi connectivity index (χ4v) is 2.39. The number of nitrogens with one attached hydrogen (secondary N) is 2. The zero-order chi connectivity index (χ0) is 12.1. The highest BCUT2D eigenvalue weighted by molar-refractivity contribution is 5.55. The highest BCUT2D eigenvalue weighted by Gasteiger charge is 2.17. The molecule has 1 aromatic rings. The fourth-order valence-electron chi connectivity index (χ4n) is 2.39. The van der Waals surface area contributed by atoms with E-state index in [4.69, 9.17) is 0 Å². The summed E-state index contributed by atoms with van der Waals surface area (Å²) in [6.45, 7) is 5.37. The normalized spacial score (nSPS) is 20.0. The second kappa shape index (κ2) is 5.92. The third-order valence-corrected chi connectivity index (χ3v) is 3.47. The van der Waals surface area contributed by atoms with Gasteiger partial charge in [-0.05, 0) is 50.6 Å². The maximum Gasteiger partial charge on any atom is 0.0411 e. The Morgan fingerprint density at radius 1 is 1.35 bits per heavy atom. The molecule has 3 heteroatoms. The van der Waals surface area contributed by atoms with Crippen LogP contribution in [-0.2, 0) is 0 Å². The SMILES string of the molecule is CCNc1ccc(N(C)C2CCCNC2)cc1. The second-order valence-corrected chi connectivity index (χ2v) is 4.69. The highest BCUT2D eigenvalue weighted by Crippen LogP contribution is 2.21. The third kappa shape index (κ3) is 3.13. The van der Waals surface area contributed by atoms with Crippen molar-refractivity contribution in [2.75, 3.05) is 36.9 Å². The van der Waals surface area contributed by atoms with Crippen molar-refractivity contribution in [1.29, 1.82) is 0 Å². The predicted octanol–water partition coefficient (Wildman–Crippen LogP) is 2.31. The summed E-state index contributed by atoms with van der Waals surface area (Å²) >= 11 is 0. The predicted molar refractivity (Wildman–Crippen MR) is 74.9 cm³/mol. The standard InChI is InChI=1S/C14H23N3/c1-3-16-12-6-8-13(9-7-12)17(2)14-5-4-10-15-11-14/h6-9,14-16H,3-5,10-11H2,1-2H3. The van der Waals surface area contributed by atoms with Crippen LogP contribution in [0.25, 0.3) is 0 Å². The molecule has 1 unspecified atom stereocenters. The molecule has 94 valence electrons. The Morgan fingerprint density at radius 2 is 2.12 bits per heavy atom. The maximum atomic E-state index is 3.46. The molecule has 1 aromatic carbocycles. The van der Waals surface area contributed by atoms with Crippen molar-refractivity contribution in [2.24, 2.45) is 0 Å². The molecule has 1 saturated heterocycles. The molecule has 0 amide bonds. The van der Waals surface area contributed by atoms with Gasteiger partial charge in [-0.3, -0.25) is 0 Å². The topological polar surface area (TPSA) is 27.3 Å². The fraction of sp³-hybridized carbons (Fsp3) is 0.571. The van der Waals surface area contributed by atoms with E-state index < -0.39 is 0 Å². The first-order valence-electron chi connectivity index (χ1n) is 6.58. The van der Waals surface area contributed by atoms with Gasteiger partial charge in [0, 0.05) is 37.6 Å². The molecule has 1 fully saturated rings. The summed E-state index contributed by atoms with van der Waals surface area (Å²) in [5, 5.41) is 6.79. The van der Waals surface area contributed by atoms with Crippen molar-refractivity contribution in [3.63, 3.8) is 0 Å². The average molecular weight is 233 g/mol. The van der Waals surface area contributed by atoms with E-state index in [0.29, 0.717) is 6.04 Å². The molecule has 0 spiro atoms. The van der Waals surface area contributed by atoms with Gasteiger partial charge in [0.25, 0.3) is 0 Å². The van der Waals surface area contributed by atoms with Crippen molar-refractivity contribution >= 4 is 11.4 Å². The molecule has 0 saturated carbocycles. The largest absolute Gasteiger partial charge is 0.385 e. The Morgan fingerprint density at radius 3 is 2.71 bits per heavy atom. The Balaban J connectivity index is 2.00. The van der Waals surface area contributed by atoms with Crippen molar-refractivity contribution < 1.29 is 0 Å². The molecule has 17 heavy (non-hydrogen) atoms. The minimum atomic E-state index is 0.633. The number of hydrogen-bond donors (Lipinski definition) is 2. The van der Waals surface area contributed by atoms with Gasteiger partial charge in [0.15, 0.2) is 0 Å². The molecule has 2 N–H and O–H groups in total. The van der Waals surface area contributed by atoms with Crippen LogP contribution in [-0.4, -0.2) is 32.7 Å². The number of rotatable bonds is 4. The number of anilines is 2. The van der Waals surface area contributed by atoms with Gasteiger partial charge < -0.3 is 15.5 Å². The van der Waals surface area contributed by atoms with Crippen LogP contribution >= 0.6 is 0 Å². The lowest BCUT2D eigenvalue weighted by atomic mass is 10.1. The molecule has 2 rings (SSSR count). The van der Waals surface area contributed by atoms with E-state index in [2.05, 4.69) is 53.8 Å². The maximum absolute atomic E-state index is 3.46. The van der Waals surface area contributed by atoms with Crippen LogP contribution in [0.15, 0.2) is 24.3 Å². The lowest BCUT2D eigenvalue weighted by molar-refractivity contribution is 0.445. The summed E-state index contributed by atoms with van der Waals surface area (Å²) in [6, 6.07) is 9.35. The summed E-state index contributed by atoms with van der Waals surface area (Å²) in [5.41, 5.74) is 2.51. The molecule has 3 nitrogen and oxygen atoms in total. The van der Waals surface area contributed by atoms with Crippen LogP contribution in [0.2, 0.25) is 0 Å². The number of benzene rings is 1. The monoisotopic (exact) mass is 233 g/mol. The first kappa shape index (κ1) is 12.2. The van der Waals surface area contributed by atoms with Crippen molar-refractivity contribution in [2.45, 2.75) is 25.8 Å². The van der Waals surface area contributed by atoms with Crippen LogP contribution in [0.3, 0.4) is 0 Å². The van der Waals surface area contributed by atoms with E-state index >= 15 is 0 Å². The van der Waals surface area contributed by atoms with Gasteiger partial charge in [-0.2, -0.15) is 0 Å². The quantitative estimate of drug-likeness (QED) is 0.835. The summed E-state index contributed by atoms with van der Waals surface area (Å²) in [6.07, 6.45) is 2.57. The molecule has 1 heterocycles. The summed E-state index contributed by atoms with van der Waals surface area (Å²) < 4.78 is 0. The summed E-state index contributed by atoms with van der Waals surface area (Å²) in [5.74, 6) is 0. The molecule has 0 aromatic heterocycles. The number of piperidine rings is 1. The Kier molecular flexibility index (Phi) is 4.26. The van der Waals surface area contributed by atoms with E-state index in [9.17, 15) is 0 Å². The van der Waals surface area contributed by atoms with E-state index in [0.717, 1.165) is 13.1 Å². The zero-order valence-corrected chi connectivity index (χ0v) is 10.9. The van der Waals surface area contributed by atoms with Crippen molar-refractivity contribution in [3.05, 3.63) is 24.3 Å². The molecule has 0 radical (unpaired) electrons. The Labute approximate surface area is 104 Å². The molecule has 1 aliphatic heterocycles. The minimum Gasteiger partial charge on any atom is -0.385 e. The number of hydrogen-bond acceptors (Lipinski definition) is 3. The third-order valence-electron chi connectivity index (χ3n) is 3.47. The van der Waals surface area contributed by atoms with Crippen LogP contribution < -0.4 is 15.5 Å². The molecule has 1 aliphatic rings. The van der Waals surface area contributed by atoms with E-state index in [1.54, 1.807) is 0 Å². The first-order valence-corrected chi connectivity index (χ1v) is 6.58. The van der Waals surface area contributed by atoms with E-state index in [1.165, 1.54) is 30.8 Å². The smallest absolute Gasteiger partial charge is 0.0411 e. The van der Waals surface area contributed by atoms with Gasteiger partial charge in [-0.15, -0.1) is 0 Å². The lowest BCUT2D eigenvalue weighted by Crippen LogP contribution is -2.44. The van der Waals surface area contributed by atoms with Crippen LogP contribution in [0.1, 0.15) is 19.8 Å². The van der Waals surface area contributed by atoms with Crippen LogP contribution in [0.5, 0.6) is 0 Å². The van der Waals surface area contributed by atoms with E-state index in [-0.39, 0.29) is 0 Å². The van der Waals surface area contributed by atoms with Gasteiger partial charge in [0.2, 0.25) is 0 Å². The second-order valence-electron chi connectivity index (χ2n) is 4.69. The Hall–Kier alpha value is -1.22.